The van der Waals surface area contributed by atoms with Gasteiger partial charge in [0.15, 0.2) is 0 Å². The van der Waals surface area contributed by atoms with Gasteiger partial charge in [0, 0.05) is 36.9 Å². The molecule has 2 aromatic heterocycles. The minimum atomic E-state index is 0.479. The number of thiazole rings is 1. The lowest BCUT2D eigenvalue weighted by Gasteiger charge is -2.28. The van der Waals surface area contributed by atoms with E-state index in [9.17, 15) is 0 Å². The molecule has 5 heteroatoms. The molecular weight excluding hydrogens is 316 g/mol. The van der Waals surface area contributed by atoms with Crippen molar-refractivity contribution in [3.63, 3.8) is 0 Å². The maximum Gasteiger partial charge on any atom is 0.0928 e. The molecule has 3 heterocycles. The Balaban J connectivity index is 1.61. The first-order chi connectivity index (χ1) is 11.7. The summed E-state index contributed by atoms with van der Waals surface area (Å²) >= 11 is 1.80. The molecule has 1 fully saturated rings. The predicted octanol–water partition coefficient (Wildman–Crippen LogP) is 3.62. The summed E-state index contributed by atoms with van der Waals surface area (Å²) < 4.78 is 0. The molecule has 0 bridgehead atoms. The average molecular weight is 345 g/mol. The fourth-order valence-electron chi connectivity index (χ4n) is 3.79. The van der Waals surface area contributed by atoms with Crippen molar-refractivity contribution in [1.82, 2.24) is 19.8 Å². The van der Waals surface area contributed by atoms with Crippen molar-refractivity contribution < 1.29 is 0 Å². The molecule has 2 aromatic rings. The average Bonchev–Trinajstić information content (AvgIpc) is 3.15. The Morgan fingerprint density at radius 2 is 2.29 bits per heavy atom. The van der Waals surface area contributed by atoms with E-state index < -0.39 is 0 Å². The quantitative estimate of drug-likeness (QED) is 0.768. The molecule has 0 unspecified atom stereocenters. The molecule has 0 aromatic carbocycles. The van der Waals surface area contributed by atoms with Gasteiger partial charge in [-0.15, -0.1) is 11.3 Å². The summed E-state index contributed by atoms with van der Waals surface area (Å²) in [6, 6.07) is 4.74. The zero-order chi connectivity index (χ0) is 16.9. The third-order valence-electron chi connectivity index (χ3n) is 4.84. The number of aryl methyl sites for hydroxylation is 1. The molecule has 1 aliphatic rings. The summed E-state index contributed by atoms with van der Waals surface area (Å²) in [5.74, 6) is 0.651. The molecular formula is C19H28N4S. The van der Waals surface area contributed by atoms with Crippen LogP contribution in [-0.4, -0.2) is 47.0 Å². The zero-order valence-electron chi connectivity index (χ0n) is 15.0. The molecule has 130 valence electrons. The largest absolute Gasteiger partial charge is 0.300 e. The molecule has 0 amide bonds. The highest BCUT2D eigenvalue weighted by Gasteiger charge is 2.33. The second kappa shape index (κ2) is 8.19. The first-order valence-corrected chi connectivity index (χ1v) is 9.77. The lowest BCUT2D eigenvalue weighted by molar-refractivity contribution is 0.212. The minimum Gasteiger partial charge on any atom is -0.300 e. The molecule has 3 rings (SSSR count). The second-order valence-electron chi connectivity index (χ2n) is 6.94. The third-order valence-corrected chi connectivity index (χ3v) is 5.80. The SMILES string of the molecule is CCCc1nc(CN(C)C[C@@H]2CCN(C)[C@H]2c2cccnc2)cs1. The van der Waals surface area contributed by atoms with Gasteiger partial charge in [-0.1, -0.05) is 13.0 Å². The van der Waals surface area contributed by atoms with Crippen LogP contribution < -0.4 is 0 Å². The van der Waals surface area contributed by atoms with Crippen molar-refractivity contribution in [2.75, 3.05) is 27.2 Å². The van der Waals surface area contributed by atoms with Gasteiger partial charge in [0.2, 0.25) is 0 Å². The highest BCUT2D eigenvalue weighted by Crippen LogP contribution is 2.36. The van der Waals surface area contributed by atoms with E-state index in [1.165, 1.54) is 29.1 Å². The summed E-state index contributed by atoms with van der Waals surface area (Å²) in [5.41, 5.74) is 2.56. The van der Waals surface area contributed by atoms with E-state index in [1.807, 2.05) is 18.5 Å². The Bertz CT molecular complexity index is 627. The van der Waals surface area contributed by atoms with Gasteiger partial charge >= 0.3 is 0 Å². The lowest BCUT2D eigenvalue weighted by atomic mass is 9.94. The number of rotatable bonds is 7. The summed E-state index contributed by atoms with van der Waals surface area (Å²) in [6.45, 7) is 5.42. The Morgan fingerprint density at radius 3 is 3.04 bits per heavy atom. The molecule has 4 nitrogen and oxygen atoms in total. The molecule has 24 heavy (non-hydrogen) atoms. The van der Waals surface area contributed by atoms with Gasteiger partial charge in [0.25, 0.3) is 0 Å². The lowest BCUT2D eigenvalue weighted by Crippen LogP contribution is -2.30. The van der Waals surface area contributed by atoms with Gasteiger partial charge in [-0.25, -0.2) is 4.98 Å². The van der Waals surface area contributed by atoms with Crippen LogP contribution >= 0.6 is 11.3 Å². The van der Waals surface area contributed by atoms with E-state index in [0.29, 0.717) is 12.0 Å². The number of nitrogens with zero attached hydrogens (tertiary/aromatic N) is 4. The second-order valence-corrected chi connectivity index (χ2v) is 7.88. The normalized spacial score (nSPS) is 21.7. The van der Waals surface area contributed by atoms with Gasteiger partial charge in [-0.3, -0.25) is 9.88 Å². The maximum absolute atomic E-state index is 4.76. The molecule has 2 atom stereocenters. The summed E-state index contributed by atoms with van der Waals surface area (Å²) in [5, 5.41) is 3.50. The Morgan fingerprint density at radius 1 is 1.42 bits per heavy atom. The standard InChI is InChI=1S/C19H28N4S/c1-4-6-18-21-17(14-24-18)13-22(2)12-16-8-10-23(3)19(16)15-7-5-9-20-11-15/h5,7,9,11,14,16,19H,4,6,8,10,12-13H2,1-3H3/t16-,19-/m0/s1. The van der Waals surface area contributed by atoms with Crippen molar-refractivity contribution in [2.24, 2.45) is 5.92 Å². The van der Waals surface area contributed by atoms with Crippen molar-refractivity contribution in [3.05, 3.63) is 46.2 Å². The number of hydrogen-bond donors (Lipinski definition) is 0. The van der Waals surface area contributed by atoms with E-state index in [4.69, 9.17) is 4.98 Å². The third kappa shape index (κ3) is 4.21. The van der Waals surface area contributed by atoms with Crippen LogP contribution in [0.5, 0.6) is 0 Å². The van der Waals surface area contributed by atoms with Crippen molar-refractivity contribution in [1.29, 1.82) is 0 Å². The number of pyridine rings is 1. The van der Waals surface area contributed by atoms with Crippen molar-refractivity contribution in [3.8, 4) is 0 Å². The predicted molar refractivity (Wildman–Crippen MR) is 100 cm³/mol. The first-order valence-electron chi connectivity index (χ1n) is 8.89. The summed E-state index contributed by atoms with van der Waals surface area (Å²) in [6.07, 6.45) is 7.40. The molecule has 0 N–H and O–H groups in total. The summed E-state index contributed by atoms with van der Waals surface area (Å²) in [7, 11) is 4.45. The highest BCUT2D eigenvalue weighted by molar-refractivity contribution is 7.09. The Kier molecular flexibility index (Phi) is 5.98. The van der Waals surface area contributed by atoms with Crippen LogP contribution in [0.15, 0.2) is 29.9 Å². The number of aromatic nitrogens is 2. The minimum absolute atomic E-state index is 0.479. The van der Waals surface area contributed by atoms with Crippen LogP contribution in [0.2, 0.25) is 0 Å². The first kappa shape index (κ1) is 17.5. The fourth-order valence-corrected chi connectivity index (χ4v) is 4.68. The van der Waals surface area contributed by atoms with Crippen molar-refractivity contribution in [2.45, 2.75) is 38.8 Å². The van der Waals surface area contributed by atoms with Gasteiger partial charge in [-0.05, 0) is 57.5 Å². The molecule has 0 radical (unpaired) electrons. The van der Waals surface area contributed by atoms with Crippen LogP contribution in [0.25, 0.3) is 0 Å². The molecule has 0 saturated carbocycles. The van der Waals surface area contributed by atoms with E-state index in [1.54, 1.807) is 11.3 Å². The monoisotopic (exact) mass is 344 g/mol. The van der Waals surface area contributed by atoms with E-state index in [-0.39, 0.29) is 0 Å². The maximum atomic E-state index is 4.76. The number of hydrogen-bond acceptors (Lipinski definition) is 5. The Hall–Kier alpha value is -1.30. The smallest absolute Gasteiger partial charge is 0.0928 e. The number of likely N-dealkylation sites (tertiary alicyclic amines) is 1. The van der Waals surface area contributed by atoms with E-state index in [2.05, 4.69) is 47.2 Å². The summed E-state index contributed by atoms with van der Waals surface area (Å²) in [4.78, 5) is 14.0. The van der Waals surface area contributed by atoms with E-state index >= 15 is 0 Å². The van der Waals surface area contributed by atoms with Gasteiger partial charge in [0.1, 0.15) is 0 Å². The zero-order valence-corrected chi connectivity index (χ0v) is 15.8. The molecule has 0 aliphatic carbocycles. The van der Waals surface area contributed by atoms with Crippen molar-refractivity contribution >= 4 is 11.3 Å². The van der Waals surface area contributed by atoms with Gasteiger partial charge in [0.05, 0.1) is 10.7 Å². The van der Waals surface area contributed by atoms with Crippen LogP contribution in [0.3, 0.4) is 0 Å². The van der Waals surface area contributed by atoms with Crippen LogP contribution in [0.1, 0.15) is 42.1 Å². The topological polar surface area (TPSA) is 32.3 Å². The Labute approximate surface area is 149 Å². The molecule has 1 aliphatic heterocycles. The van der Waals surface area contributed by atoms with Crippen LogP contribution in [0, 0.1) is 5.92 Å². The molecule has 0 spiro atoms. The van der Waals surface area contributed by atoms with E-state index in [0.717, 1.165) is 26.1 Å². The fraction of sp³-hybridized carbons (Fsp3) is 0.579. The van der Waals surface area contributed by atoms with Crippen LogP contribution in [0.4, 0.5) is 0 Å². The van der Waals surface area contributed by atoms with Gasteiger partial charge < -0.3 is 4.90 Å². The molecule has 1 saturated heterocycles. The van der Waals surface area contributed by atoms with Crippen LogP contribution in [-0.2, 0) is 13.0 Å². The van der Waals surface area contributed by atoms with Gasteiger partial charge in [-0.2, -0.15) is 0 Å². The highest BCUT2D eigenvalue weighted by atomic mass is 32.1.